The Kier molecular flexibility index (Phi) is 5.52. The number of rotatable bonds is 6. The summed E-state index contributed by atoms with van der Waals surface area (Å²) < 4.78 is 11.2. The zero-order valence-electron chi connectivity index (χ0n) is 14.1. The molecule has 2 aromatic carbocycles. The largest absolute Gasteiger partial charge is 0.496 e. The van der Waals surface area contributed by atoms with Crippen molar-refractivity contribution in [3.63, 3.8) is 0 Å². The predicted molar refractivity (Wildman–Crippen MR) is 94.8 cm³/mol. The fourth-order valence-electron chi connectivity index (χ4n) is 2.28. The molecule has 0 aliphatic heterocycles. The molecule has 0 aliphatic rings. The van der Waals surface area contributed by atoms with E-state index in [1.165, 1.54) is 0 Å². The van der Waals surface area contributed by atoms with Crippen LogP contribution in [0.3, 0.4) is 0 Å². The third kappa shape index (κ3) is 4.42. The molecule has 0 fully saturated rings. The first-order valence-corrected chi connectivity index (χ1v) is 7.65. The average molecular weight is 312 g/mol. The van der Waals surface area contributed by atoms with Crippen molar-refractivity contribution in [3.05, 3.63) is 65.7 Å². The summed E-state index contributed by atoms with van der Waals surface area (Å²) >= 11 is 0. The van der Waals surface area contributed by atoms with E-state index in [2.05, 4.69) is 19.2 Å². The van der Waals surface area contributed by atoms with Crippen molar-refractivity contribution in [1.82, 2.24) is 0 Å². The molecule has 2 aromatic rings. The first kappa shape index (κ1) is 16.7. The average Bonchev–Trinajstić information content (AvgIpc) is 2.54. The van der Waals surface area contributed by atoms with Crippen LogP contribution >= 0.6 is 0 Å². The SMILES string of the molecule is COc1cc(C(C)C)c(O/C(N)=C/Nc2ccccc2)cc1C. The van der Waals surface area contributed by atoms with Crippen LogP contribution in [0.4, 0.5) is 5.69 Å². The molecule has 0 aromatic heterocycles. The zero-order chi connectivity index (χ0) is 16.8. The van der Waals surface area contributed by atoms with Crippen LogP contribution in [-0.2, 0) is 0 Å². The lowest BCUT2D eigenvalue weighted by Gasteiger charge is -2.17. The Morgan fingerprint density at radius 3 is 2.43 bits per heavy atom. The number of nitrogens with one attached hydrogen (secondary N) is 1. The van der Waals surface area contributed by atoms with Crippen molar-refractivity contribution in [2.45, 2.75) is 26.7 Å². The van der Waals surface area contributed by atoms with Gasteiger partial charge in [-0.2, -0.15) is 0 Å². The van der Waals surface area contributed by atoms with Crippen LogP contribution in [-0.4, -0.2) is 7.11 Å². The number of para-hydroxylation sites is 1. The van der Waals surface area contributed by atoms with E-state index < -0.39 is 0 Å². The lowest BCUT2D eigenvalue weighted by molar-refractivity contribution is 0.397. The first-order chi connectivity index (χ1) is 11.0. The maximum atomic E-state index is 5.99. The second-order valence-electron chi connectivity index (χ2n) is 5.67. The van der Waals surface area contributed by atoms with Gasteiger partial charge in [-0.3, -0.25) is 0 Å². The fraction of sp³-hybridized carbons (Fsp3) is 0.263. The number of hydrogen-bond acceptors (Lipinski definition) is 4. The summed E-state index contributed by atoms with van der Waals surface area (Å²) in [5.74, 6) is 2.21. The van der Waals surface area contributed by atoms with Crippen molar-refractivity contribution in [1.29, 1.82) is 0 Å². The van der Waals surface area contributed by atoms with Gasteiger partial charge in [0.25, 0.3) is 0 Å². The van der Waals surface area contributed by atoms with E-state index in [0.717, 1.165) is 28.3 Å². The van der Waals surface area contributed by atoms with Crippen LogP contribution in [0.5, 0.6) is 11.5 Å². The van der Waals surface area contributed by atoms with E-state index in [0.29, 0.717) is 11.8 Å². The molecule has 2 rings (SSSR count). The van der Waals surface area contributed by atoms with Crippen molar-refractivity contribution >= 4 is 5.69 Å². The number of benzene rings is 2. The summed E-state index contributed by atoms with van der Waals surface area (Å²) in [6.07, 6.45) is 1.65. The van der Waals surface area contributed by atoms with Crippen molar-refractivity contribution < 1.29 is 9.47 Å². The van der Waals surface area contributed by atoms with Crippen LogP contribution in [0.15, 0.2) is 54.5 Å². The van der Waals surface area contributed by atoms with Gasteiger partial charge in [0.15, 0.2) is 0 Å². The van der Waals surface area contributed by atoms with E-state index in [4.69, 9.17) is 15.2 Å². The van der Waals surface area contributed by atoms with Crippen LogP contribution in [0, 0.1) is 6.92 Å². The summed E-state index contributed by atoms with van der Waals surface area (Å²) in [6.45, 7) is 6.20. The molecule has 0 radical (unpaired) electrons. The molecule has 0 amide bonds. The summed E-state index contributed by atoms with van der Waals surface area (Å²) in [5, 5.41) is 3.11. The Bertz CT molecular complexity index is 679. The highest BCUT2D eigenvalue weighted by Gasteiger charge is 2.13. The van der Waals surface area contributed by atoms with Gasteiger partial charge >= 0.3 is 0 Å². The highest BCUT2D eigenvalue weighted by atomic mass is 16.5. The minimum Gasteiger partial charge on any atom is -0.496 e. The summed E-state index contributed by atoms with van der Waals surface area (Å²) in [7, 11) is 1.67. The Labute approximate surface area is 137 Å². The third-order valence-electron chi connectivity index (χ3n) is 3.53. The summed E-state index contributed by atoms with van der Waals surface area (Å²) in [6, 6.07) is 13.8. The molecular formula is C19H24N2O2. The first-order valence-electron chi connectivity index (χ1n) is 7.65. The second-order valence-corrected chi connectivity index (χ2v) is 5.67. The van der Waals surface area contributed by atoms with Gasteiger partial charge in [0, 0.05) is 11.3 Å². The Balaban J connectivity index is 2.19. The molecule has 0 heterocycles. The van der Waals surface area contributed by atoms with Gasteiger partial charge in [-0.25, -0.2) is 0 Å². The number of hydrogen-bond donors (Lipinski definition) is 2. The number of nitrogens with two attached hydrogens (primary N) is 1. The van der Waals surface area contributed by atoms with Crippen LogP contribution in [0.1, 0.15) is 30.9 Å². The molecule has 0 saturated heterocycles. The van der Waals surface area contributed by atoms with Gasteiger partial charge in [-0.15, -0.1) is 0 Å². The smallest absolute Gasteiger partial charge is 0.207 e. The molecule has 0 bridgehead atoms. The van der Waals surface area contributed by atoms with Crippen LogP contribution in [0.2, 0.25) is 0 Å². The van der Waals surface area contributed by atoms with Crippen LogP contribution < -0.4 is 20.5 Å². The highest BCUT2D eigenvalue weighted by Crippen LogP contribution is 2.33. The third-order valence-corrected chi connectivity index (χ3v) is 3.53. The number of anilines is 1. The van der Waals surface area contributed by atoms with E-state index in [-0.39, 0.29) is 0 Å². The molecule has 3 N–H and O–H groups in total. The number of ether oxygens (including phenoxy) is 2. The molecule has 0 spiro atoms. The Morgan fingerprint density at radius 1 is 1.13 bits per heavy atom. The van der Waals surface area contributed by atoms with Crippen LogP contribution in [0.25, 0.3) is 0 Å². The standard InChI is InChI=1S/C19H24N2O2/c1-13(2)16-11-17(22-4)14(3)10-18(16)23-19(20)12-21-15-8-6-5-7-9-15/h5-13,21H,20H2,1-4H3/b19-12+. The van der Waals surface area contributed by atoms with E-state index in [1.807, 2.05) is 49.4 Å². The summed E-state index contributed by atoms with van der Waals surface area (Å²) in [4.78, 5) is 0. The molecule has 23 heavy (non-hydrogen) atoms. The lowest BCUT2D eigenvalue weighted by Crippen LogP contribution is -2.10. The zero-order valence-corrected chi connectivity index (χ0v) is 14.1. The second kappa shape index (κ2) is 7.58. The minimum absolute atomic E-state index is 0.300. The Hall–Kier alpha value is -2.62. The maximum Gasteiger partial charge on any atom is 0.207 e. The number of aryl methyl sites for hydroxylation is 1. The monoisotopic (exact) mass is 312 g/mol. The van der Waals surface area contributed by atoms with E-state index >= 15 is 0 Å². The number of methoxy groups -OCH3 is 1. The molecule has 0 aliphatic carbocycles. The van der Waals surface area contributed by atoms with Gasteiger partial charge in [-0.1, -0.05) is 32.0 Å². The highest BCUT2D eigenvalue weighted by molar-refractivity contribution is 5.48. The van der Waals surface area contributed by atoms with Crippen molar-refractivity contribution in [2.24, 2.45) is 5.73 Å². The van der Waals surface area contributed by atoms with Crippen molar-refractivity contribution in [2.75, 3.05) is 12.4 Å². The minimum atomic E-state index is 0.300. The molecule has 0 saturated carbocycles. The molecule has 4 nitrogen and oxygen atoms in total. The van der Waals surface area contributed by atoms with E-state index in [1.54, 1.807) is 13.3 Å². The molecule has 0 atom stereocenters. The van der Waals surface area contributed by atoms with Gasteiger partial charge in [0.2, 0.25) is 5.88 Å². The van der Waals surface area contributed by atoms with Gasteiger partial charge in [0.05, 0.1) is 13.3 Å². The fourth-order valence-corrected chi connectivity index (χ4v) is 2.28. The van der Waals surface area contributed by atoms with E-state index in [9.17, 15) is 0 Å². The molecule has 4 heteroatoms. The quantitative estimate of drug-likeness (QED) is 0.777. The van der Waals surface area contributed by atoms with Gasteiger partial charge in [-0.05, 0) is 42.7 Å². The topological polar surface area (TPSA) is 56.5 Å². The lowest BCUT2D eigenvalue weighted by atomic mass is 10.00. The van der Waals surface area contributed by atoms with Crippen molar-refractivity contribution in [3.8, 4) is 11.5 Å². The molecule has 0 unspecified atom stereocenters. The maximum absolute atomic E-state index is 5.99. The predicted octanol–water partition coefficient (Wildman–Crippen LogP) is 4.38. The van der Waals surface area contributed by atoms with Gasteiger partial charge < -0.3 is 20.5 Å². The summed E-state index contributed by atoms with van der Waals surface area (Å²) in [5.41, 5.74) is 9.01. The molecular weight excluding hydrogens is 288 g/mol. The van der Waals surface area contributed by atoms with Gasteiger partial charge in [0.1, 0.15) is 11.5 Å². The normalized spacial score (nSPS) is 11.4. The Morgan fingerprint density at radius 2 is 1.83 bits per heavy atom. The molecule has 122 valence electrons.